The number of rotatable bonds is 4. The van der Waals surface area contributed by atoms with Crippen molar-refractivity contribution in [1.82, 2.24) is 0 Å². The van der Waals surface area contributed by atoms with E-state index >= 15 is 0 Å². The standard InChI is InChI=1S/C16H18N2O3/c1-11-5-4-6-12(9-11)17-16(19)18-14-8-7-13(20-2)10-15(14)21-3/h4-10H,1-3H3,(H2,17,18,19). The number of carbonyl (C=O) groups excluding carboxylic acids is 1. The van der Waals surface area contributed by atoms with Crippen LogP contribution in [0.3, 0.4) is 0 Å². The first-order chi connectivity index (χ1) is 10.1. The molecule has 110 valence electrons. The molecule has 2 aromatic rings. The summed E-state index contributed by atoms with van der Waals surface area (Å²) >= 11 is 0. The molecule has 0 aliphatic heterocycles. The normalized spacial score (nSPS) is 9.86. The molecule has 2 N–H and O–H groups in total. The number of benzene rings is 2. The van der Waals surface area contributed by atoms with Crippen LogP contribution in [0.4, 0.5) is 16.2 Å². The summed E-state index contributed by atoms with van der Waals surface area (Å²) in [5.41, 5.74) is 2.39. The summed E-state index contributed by atoms with van der Waals surface area (Å²) in [6.45, 7) is 1.97. The molecule has 0 aliphatic rings. The van der Waals surface area contributed by atoms with E-state index in [2.05, 4.69) is 10.6 Å². The summed E-state index contributed by atoms with van der Waals surface area (Å²) in [7, 11) is 3.12. The zero-order valence-corrected chi connectivity index (χ0v) is 12.3. The molecular formula is C16H18N2O3. The van der Waals surface area contributed by atoms with Crippen LogP contribution in [0.5, 0.6) is 11.5 Å². The lowest BCUT2D eigenvalue weighted by atomic mass is 10.2. The van der Waals surface area contributed by atoms with Crippen LogP contribution in [-0.2, 0) is 0 Å². The number of hydrogen-bond acceptors (Lipinski definition) is 3. The molecular weight excluding hydrogens is 268 g/mol. The fourth-order valence-electron chi connectivity index (χ4n) is 1.91. The smallest absolute Gasteiger partial charge is 0.323 e. The van der Waals surface area contributed by atoms with Gasteiger partial charge in [0, 0.05) is 11.8 Å². The van der Waals surface area contributed by atoms with Gasteiger partial charge in [-0.3, -0.25) is 0 Å². The zero-order valence-electron chi connectivity index (χ0n) is 12.3. The predicted molar refractivity (Wildman–Crippen MR) is 83.4 cm³/mol. The first kappa shape index (κ1) is 14.7. The van der Waals surface area contributed by atoms with Crippen LogP contribution >= 0.6 is 0 Å². The largest absolute Gasteiger partial charge is 0.497 e. The number of amides is 2. The maximum absolute atomic E-state index is 12.0. The molecule has 0 heterocycles. The van der Waals surface area contributed by atoms with Crippen LogP contribution in [0.2, 0.25) is 0 Å². The number of carbonyl (C=O) groups is 1. The van der Waals surface area contributed by atoms with Crippen LogP contribution in [0.1, 0.15) is 5.56 Å². The van der Waals surface area contributed by atoms with Gasteiger partial charge in [0.15, 0.2) is 0 Å². The van der Waals surface area contributed by atoms with E-state index in [0.29, 0.717) is 17.2 Å². The third kappa shape index (κ3) is 3.89. The van der Waals surface area contributed by atoms with Gasteiger partial charge < -0.3 is 20.1 Å². The summed E-state index contributed by atoms with van der Waals surface area (Å²) in [5.74, 6) is 1.20. The molecule has 0 aromatic heterocycles. The quantitative estimate of drug-likeness (QED) is 0.901. The molecule has 0 atom stereocenters. The average molecular weight is 286 g/mol. The average Bonchev–Trinajstić information content (AvgIpc) is 2.47. The first-order valence-corrected chi connectivity index (χ1v) is 6.49. The second-order valence-corrected chi connectivity index (χ2v) is 4.51. The molecule has 0 radical (unpaired) electrons. The lowest BCUT2D eigenvalue weighted by Crippen LogP contribution is -2.19. The minimum atomic E-state index is -0.330. The SMILES string of the molecule is COc1ccc(NC(=O)Nc2cccc(C)c2)c(OC)c1. The Morgan fingerprint density at radius 2 is 1.81 bits per heavy atom. The molecule has 0 saturated heterocycles. The molecule has 0 spiro atoms. The summed E-state index contributed by atoms with van der Waals surface area (Å²) in [4.78, 5) is 12.0. The Labute approximate surface area is 123 Å². The highest BCUT2D eigenvalue weighted by Crippen LogP contribution is 2.29. The Bertz CT molecular complexity index is 641. The maximum atomic E-state index is 12.0. The summed E-state index contributed by atoms with van der Waals surface area (Å²) in [6.07, 6.45) is 0. The van der Waals surface area contributed by atoms with E-state index in [0.717, 1.165) is 11.3 Å². The highest BCUT2D eigenvalue weighted by molar-refractivity contribution is 6.00. The Kier molecular flexibility index (Phi) is 4.66. The number of aryl methyl sites for hydroxylation is 1. The number of urea groups is 1. The molecule has 21 heavy (non-hydrogen) atoms. The minimum absolute atomic E-state index is 0.330. The summed E-state index contributed by atoms with van der Waals surface area (Å²) < 4.78 is 10.4. The fourth-order valence-corrected chi connectivity index (χ4v) is 1.91. The van der Waals surface area contributed by atoms with Gasteiger partial charge >= 0.3 is 6.03 Å². The van der Waals surface area contributed by atoms with E-state index in [1.807, 2.05) is 31.2 Å². The van der Waals surface area contributed by atoms with E-state index in [9.17, 15) is 4.79 Å². The number of anilines is 2. The molecule has 0 fully saturated rings. The van der Waals surface area contributed by atoms with Crippen molar-refractivity contribution in [3.05, 3.63) is 48.0 Å². The number of ether oxygens (including phenoxy) is 2. The molecule has 2 rings (SSSR count). The predicted octanol–water partition coefficient (Wildman–Crippen LogP) is 3.66. The van der Waals surface area contributed by atoms with Crippen molar-refractivity contribution in [2.24, 2.45) is 0 Å². The van der Waals surface area contributed by atoms with Gasteiger partial charge in [-0.15, -0.1) is 0 Å². The van der Waals surface area contributed by atoms with E-state index in [-0.39, 0.29) is 6.03 Å². The molecule has 5 nitrogen and oxygen atoms in total. The van der Waals surface area contributed by atoms with Crippen molar-refractivity contribution >= 4 is 17.4 Å². The van der Waals surface area contributed by atoms with Crippen molar-refractivity contribution < 1.29 is 14.3 Å². The zero-order chi connectivity index (χ0) is 15.2. The van der Waals surface area contributed by atoms with E-state index < -0.39 is 0 Å². The van der Waals surface area contributed by atoms with E-state index in [1.165, 1.54) is 0 Å². The monoisotopic (exact) mass is 286 g/mol. The lowest BCUT2D eigenvalue weighted by Gasteiger charge is -2.12. The summed E-state index contributed by atoms with van der Waals surface area (Å²) in [6, 6.07) is 12.4. The van der Waals surface area contributed by atoms with Crippen molar-refractivity contribution in [2.75, 3.05) is 24.9 Å². The Balaban J connectivity index is 2.09. The Morgan fingerprint density at radius 3 is 2.48 bits per heavy atom. The van der Waals surface area contributed by atoms with E-state index in [4.69, 9.17) is 9.47 Å². The van der Waals surface area contributed by atoms with Crippen LogP contribution in [0, 0.1) is 6.92 Å². The Hall–Kier alpha value is -2.69. The maximum Gasteiger partial charge on any atom is 0.323 e. The highest BCUT2D eigenvalue weighted by Gasteiger charge is 2.09. The van der Waals surface area contributed by atoms with E-state index in [1.54, 1.807) is 32.4 Å². The second-order valence-electron chi connectivity index (χ2n) is 4.51. The van der Waals surface area contributed by atoms with Crippen molar-refractivity contribution in [1.29, 1.82) is 0 Å². The minimum Gasteiger partial charge on any atom is -0.497 e. The molecule has 0 unspecified atom stereocenters. The molecule has 2 amide bonds. The van der Waals surface area contributed by atoms with Crippen molar-refractivity contribution in [3.8, 4) is 11.5 Å². The van der Waals surface area contributed by atoms with Gasteiger partial charge in [-0.1, -0.05) is 12.1 Å². The van der Waals surface area contributed by atoms with Gasteiger partial charge in [-0.05, 0) is 36.8 Å². The van der Waals surface area contributed by atoms with Gasteiger partial charge in [0.2, 0.25) is 0 Å². The third-order valence-electron chi connectivity index (χ3n) is 2.93. The van der Waals surface area contributed by atoms with Crippen LogP contribution in [0.15, 0.2) is 42.5 Å². The van der Waals surface area contributed by atoms with Crippen LogP contribution in [0.25, 0.3) is 0 Å². The van der Waals surface area contributed by atoms with Crippen LogP contribution < -0.4 is 20.1 Å². The van der Waals surface area contributed by atoms with Crippen molar-refractivity contribution in [3.63, 3.8) is 0 Å². The van der Waals surface area contributed by atoms with Gasteiger partial charge in [-0.25, -0.2) is 4.79 Å². The first-order valence-electron chi connectivity index (χ1n) is 6.49. The van der Waals surface area contributed by atoms with Gasteiger partial charge in [-0.2, -0.15) is 0 Å². The summed E-state index contributed by atoms with van der Waals surface area (Å²) in [5, 5.41) is 5.52. The third-order valence-corrected chi connectivity index (χ3v) is 2.93. The van der Waals surface area contributed by atoms with Crippen molar-refractivity contribution in [2.45, 2.75) is 6.92 Å². The number of methoxy groups -OCH3 is 2. The fraction of sp³-hybridized carbons (Fsp3) is 0.188. The number of hydrogen-bond donors (Lipinski definition) is 2. The molecule has 5 heteroatoms. The van der Waals surface area contributed by atoms with Crippen LogP contribution in [-0.4, -0.2) is 20.3 Å². The van der Waals surface area contributed by atoms with Gasteiger partial charge in [0.05, 0.1) is 19.9 Å². The molecule has 2 aromatic carbocycles. The molecule has 0 bridgehead atoms. The molecule has 0 aliphatic carbocycles. The highest BCUT2D eigenvalue weighted by atomic mass is 16.5. The second kappa shape index (κ2) is 6.65. The number of nitrogens with one attached hydrogen (secondary N) is 2. The van der Waals surface area contributed by atoms with Gasteiger partial charge in [0.25, 0.3) is 0 Å². The topological polar surface area (TPSA) is 59.6 Å². The van der Waals surface area contributed by atoms with Gasteiger partial charge in [0.1, 0.15) is 11.5 Å². The lowest BCUT2D eigenvalue weighted by molar-refractivity contribution is 0.262. The molecule has 0 saturated carbocycles. The Morgan fingerprint density at radius 1 is 1.00 bits per heavy atom.